The van der Waals surface area contributed by atoms with Crippen molar-refractivity contribution in [2.45, 2.75) is 63.9 Å². The van der Waals surface area contributed by atoms with Gasteiger partial charge in [0.15, 0.2) is 0 Å². The van der Waals surface area contributed by atoms with Crippen LogP contribution < -0.4 is 0 Å². The molecule has 6 heteroatoms. The van der Waals surface area contributed by atoms with E-state index in [1.54, 1.807) is 0 Å². The van der Waals surface area contributed by atoms with E-state index in [2.05, 4.69) is 66.4 Å². The first kappa shape index (κ1) is 26.6. The number of carbonyl (C=O) groups is 1. The lowest BCUT2D eigenvalue weighted by Crippen LogP contribution is -2.50. The predicted molar refractivity (Wildman–Crippen MR) is 141 cm³/mol. The first-order valence-electron chi connectivity index (χ1n) is 13.2. The fourth-order valence-corrected chi connectivity index (χ4v) is 5.47. The number of aryl methyl sites for hydroxylation is 1. The Morgan fingerprint density at radius 2 is 1.67 bits per heavy atom. The van der Waals surface area contributed by atoms with Crippen molar-refractivity contribution < 1.29 is 24.5 Å². The molecule has 6 nitrogen and oxygen atoms in total. The molecular formula is C30H39NO5. The number of benzene rings is 2. The molecule has 1 saturated heterocycles. The lowest BCUT2D eigenvalue weighted by atomic mass is 9.93. The largest absolute Gasteiger partial charge is 0.481 e. The average molecular weight is 494 g/mol. The number of carboxylic acid groups (broad SMARTS) is 1. The summed E-state index contributed by atoms with van der Waals surface area (Å²) in [7, 11) is 0. The molecular weight excluding hydrogens is 454 g/mol. The summed E-state index contributed by atoms with van der Waals surface area (Å²) in [6, 6.07) is 17.1. The highest BCUT2D eigenvalue weighted by molar-refractivity contribution is 5.66. The van der Waals surface area contributed by atoms with Crippen molar-refractivity contribution in [1.29, 1.82) is 0 Å². The minimum atomic E-state index is -0.772. The summed E-state index contributed by atoms with van der Waals surface area (Å²) in [6.07, 6.45) is 6.69. The zero-order valence-corrected chi connectivity index (χ0v) is 21.2. The van der Waals surface area contributed by atoms with Crippen molar-refractivity contribution in [3.63, 3.8) is 0 Å². The Morgan fingerprint density at radius 3 is 2.33 bits per heavy atom. The maximum atomic E-state index is 11.0. The fraction of sp³-hybridized carbons (Fsp3) is 0.500. The van der Waals surface area contributed by atoms with E-state index in [0.29, 0.717) is 32.7 Å². The van der Waals surface area contributed by atoms with Crippen LogP contribution in [-0.2, 0) is 20.9 Å². The second-order valence-electron chi connectivity index (χ2n) is 10.00. The molecule has 0 spiro atoms. The summed E-state index contributed by atoms with van der Waals surface area (Å²) < 4.78 is 12.0. The van der Waals surface area contributed by atoms with Gasteiger partial charge in [0.25, 0.3) is 0 Å². The highest BCUT2D eigenvalue weighted by Crippen LogP contribution is 2.37. The molecule has 2 aromatic rings. The van der Waals surface area contributed by atoms with Crippen LogP contribution in [0.3, 0.4) is 0 Å². The molecule has 4 atom stereocenters. The number of nitrogens with zero attached hydrogens (tertiary/aromatic N) is 1. The van der Waals surface area contributed by atoms with E-state index in [1.165, 1.54) is 16.7 Å². The molecule has 1 aliphatic carbocycles. The molecule has 2 aliphatic rings. The van der Waals surface area contributed by atoms with Crippen molar-refractivity contribution in [1.82, 2.24) is 4.90 Å². The summed E-state index contributed by atoms with van der Waals surface area (Å²) in [6.45, 7) is 5.68. The monoisotopic (exact) mass is 493 g/mol. The average Bonchev–Trinajstić information content (AvgIpc) is 3.20. The number of allylic oxidation sites excluding steroid dienone is 2. The predicted octanol–water partition coefficient (Wildman–Crippen LogP) is 4.83. The molecule has 2 aromatic carbocycles. The van der Waals surface area contributed by atoms with E-state index in [9.17, 15) is 9.90 Å². The van der Waals surface area contributed by atoms with Crippen molar-refractivity contribution >= 4 is 5.97 Å². The third-order valence-corrected chi connectivity index (χ3v) is 7.41. The summed E-state index contributed by atoms with van der Waals surface area (Å²) in [4.78, 5) is 13.1. The van der Waals surface area contributed by atoms with Crippen LogP contribution in [0.2, 0.25) is 0 Å². The molecule has 0 amide bonds. The molecule has 4 rings (SSSR count). The van der Waals surface area contributed by atoms with E-state index >= 15 is 0 Å². The molecule has 0 unspecified atom stereocenters. The SMILES string of the molecule is Cc1ccc(-c2ccc(CO[C@H]3C[C@@H](O)[C@H](N4CCOCC4)[C@H]3CC/C=C/CCC(=O)O)cc2)cc1. The lowest BCUT2D eigenvalue weighted by molar-refractivity contribution is -0.136. The van der Waals surface area contributed by atoms with Gasteiger partial charge in [0.2, 0.25) is 0 Å². The first-order chi connectivity index (χ1) is 17.5. The molecule has 2 N–H and O–H groups in total. The number of hydrogen-bond acceptors (Lipinski definition) is 5. The summed E-state index contributed by atoms with van der Waals surface area (Å²) in [5.41, 5.74) is 4.78. The van der Waals surface area contributed by atoms with Crippen LogP contribution >= 0.6 is 0 Å². The van der Waals surface area contributed by atoms with Gasteiger partial charge in [-0.25, -0.2) is 0 Å². The molecule has 2 fully saturated rings. The summed E-state index contributed by atoms with van der Waals surface area (Å²) in [5, 5.41) is 19.8. The zero-order chi connectivity index (χ0) is 25.3. The fourth-order valence-electron chi connectivity index (χ4n) is 5.47. The number of carboxylic acids is 1. The van der Waals surface area contributed by atoms with Gasteiger partial charge >= 0.3 is 5.97 Å². The van der Waals surface area contributed by atoms with E-state index < -0.39 is 12.1 Å². The molecule has 194 valence electrons. The lowest BCUT2D eigenvalue weighted by Gasteiger charge is -2.38. The minimum absolute atomic E-state index is 0.0166. The first-order valence-corrected chi connectivity index (χ1v) is 13.2. The van der Waals surface area contributed by atoms with Crippen molar-refractivity contribution in [3.05, 3.63) is 71.8 Å². The van der Waals surface area contributed by atoms with Crippen LogP contribution in [-0.4, -0.2) is 65.6 Å². The number of hydrogen-bond donors (Lipinski definition) is 2. The Labute approximate surface area is 214 Å². The second kappa shape index (κ2) is 13.2. The van der Waals surface area contributed by atoms with Crippen LogP contribution in [0.5, 0.6) is 0 Å². The highest BCUT2D eigenvalue weighted by Gasteiger charge is 2.45. The molecule has 0 aromatic heterocycles. The molecule has 36 heavy (non-hydrogen) atoms. The maximum Gasteiger partial charge on any atom is 0.303 e. The molecule has 1 aliphatic heterocycles. The Morgan fingerprint density at radius 1 is 1.03 bits per heavy atom. The van der Waals surface area contributed by atoms with Gasteiger partial charge in [0.05, 0.1) is 32.0 Å². The molecule has 0 bridgehead atoms. The number of ether oxygens (including phenoxy) is 2. The summed E-state index contributed by atoms with van der Waals surface area (Å²) >= 11 is 0. The van der Waals surface area contributed by atoms with E-state index in [1.807, 2.05) is 6.08 Å². The number of morpholine rings is 1. The second-order valence-corrected chi connectivity index (χ2v) is 10.00. The van der Waals surface area contributed by atoms with Crippen molar-refractivity contribution in [2.24, 2.45) is 5.92 Å². The standard InChI is InChI=1S/C30H39NO5/c1-22-8-12-24(13-9-22)25-14-10-23(11-15-25)21-36-28-20-27(32)30(31-16-18-35-19-17-31)26(28)6-4-2-3-5-7-29(33)34/h2-3,8-15,26-28,30,32H,4-7,16-21H2,1H3,(H,33,34)/b3-2+/t26-,27+,28-,30+/m0/s1. The van der Waals surface area contributed by atoms with Gasteiger partial charge < -0.3 is 19.7 Å². The Kier molecular flexibility index (Phi) is 9.70. The molecule has 0 radical (unpaired) electrons. The third-order valence-electron chi connectivity index (χ3n) is 7.41. The van der Waals surface area contributed by atoms with Crippen LogP contribution in [0.15, 0.2) is 60.7 Å². The molecule has 1 heterocycles. The topological polar surface area (TPSA) is 79.2 Å². The third kappa shape index (κ3) is 7.26. The van der Waals surface area contributed by atoms with E-state index in [0.717, 1.165) is 31.5 Å². The quantitative estimate of drug-likeness (QED) is 0.437. The minimum Gasteiger partial charge on any atom is -0.481 e. The van der Waals surface area contributed by atoms with Crippen LogP contribution in [0.4, 0.5) is 0 Å². The van der Waals surface area contributed by atoms with Gasteiger partial charge in [-0.2, -0.15) is 0 Å². The number of aliphatic carboxylic acids is 1. The van der Waals surface area contributed by atoms with Gasteiger partial charge in [-0.15, -0.1) is 0 Å². The molecule has 1 saturated carbocycles. The van der Waals surface area contributed by atoms with Gasteiger partial charge in [-0.3, -0.25) is 9.69 Å². The van der Waals surface area contributed by atoms with Crippen molar-refractivity contribution in [3.8, 4) is 11.1 Å². The van der Waals surface area contributed by atoms with Gasteiger partial charge in [-0.05, 0) is 42.9 Å². The Bertz CT molecular complexity index is 981. The summed E-state index contributed by atoms with van der Waals surface area (Å²) in [5.74, 6) is -0.555. The van der Waals surface area contributed by atoms with Gasteiger partial charge in [0.1, 0.15) is 0 Å². The number of aliphatic hydroxyl groups excluding tert-OH is 1. The van der Waals surface area contributed by atoms with Crippen LogP contribution in [0.25, 0.3) is 11.1 Å². The smallest absolute Gasteiger partial charge is 0.303 e. The zero-order valence-electron chi connectivity index (χ0n) is 21.2. The highest BCUT2D eigenvalue weighted by atomic mass is 16.5. The Balaban J connectivity index is 1.38. The van der Waals surface area contributed by atoms with Crippen LogP contribution in [0, 0.1) is 12.8 Å². The normalized spacial score (nSPS) is 24.9. The number of aliphatic hydroxyl groups is 1. The van der Waals surface area contributed by atoms with Gasteiger partial charge in [0, 0.05) is 37.9 Å². The Hall–Kier alpha value is -2.51. The number of rotatable bonds is 11. The maximum absolute atomic E-state index is 11.0. The van der Waals surface area contributed by atoms with Crippen LogP contribution in [0.1, 0.15) is 43.2 Å². The van der Waals surface area contributed by atoms with E-state index in [4.69, 9.17) is 14.6 Å². The van der Waals surface area contributed by atoms with Gasteiger partial charge in [-0.1, -0.05) is 66.2 Å². The van der Waals surface area contributed by atoms with E-state index in [-0.39, 0.29) is 24.5 Å². The van der Waals surface area contributed by atoms with Crippen molar-refractivity contribution in [2.75, 3.05) is 26.3 Å².